The van der Waals surface area contributed by atoms with Gasteiger partial charge in [-0.2, -0.15) is 0 Å². The first-order valence-electron chi connectivity index (χ1n) is 5.41. The molecule has 0 atom stereocenters. The summed E-state index contributed by atoms with van der Waals surface area (Å²) in [5.41, 5.74) is 5.60. The van der Waals surface area contributed by atoms with Crippen molar-refractivity contribution in [2.75, 3.05) is 5.43 Å². The minimum Gasteiger partial charge on any atom is -0.323 e. The second kappa shape index (κ2) is 5.37. The molecule has 5 heteroatoms. The van der Waals surface area contributed by atoms with Gasteiger partial charge in [0.05, 0.1) is 11.2 Å². The van der Waals surface area contributed by atoms with E-state index < -0.39 is 0 Å². The Hall–Kier alpha value is -0.590. The summed E-state index contributed by atoms with van der Waals surface area (Å²) in [7, 11) is 0. The second-order valence-corrected chi connectivity index (χ2v) is 5.44. The molecule has 0 radical (unpaired) electrons. The van der Waals surface area contributed by atoms with Crippen LogP contribution in [-0.4, -0.2) is 4.98 Å². The van der Waals surface area contributed by atoms with Crippen molar-refractivity contribution < 1.29 is 0 Å². The highest BCUT2D eigenvalue weighted by atomic mass is 127. The molecule has 0 aliphatic rings. The molecule has 2 aromatic rings. The number of nitrogens with two attached hydrogens (primary N) is 1. The van der Waals surface area contributed by atoms with E-state index in [9.17, 15) is 0 Å². The lowest BCUT2D eigenvalue weighted by atomic mass is 10.1. The average Bonchev–Trinajstić information content (AvgIpc) is 2.29. The van der Waals surface area contributed by atoms with Gasteiger partial charge in [-0.15, -0.1) is 0 Å². The van der Waals surface area contributed by atoms with Crippen molar-refractivity contribution in [2.24, 2.45) is 5.84 Å². The summed E-state index contributed by atoms with van der Waals surface area (Å²) in [6.45, 7) is 2.13. The SMILES string of the molecule is CCCc1cc(NN)c2cc(Cl)cc(I)c2n1. The van der Waals surface area contributed by atoms with Crippen molar-refractivity contribution in [2.45, 2.75) is 19.8 Å². The monoisotopic (exact) mass is 361 g/mol. The third-order valence-corrected chi connectivity index (χ3v) is 3.59. The Balaban J connectivity index is 2.73. The van der Waals surface area contributed by atoms with E-state index in [0.717, 1.165) is 38.7 Å². The lowest BCUT2D eigenvalue weighted by Gasteiger charge is -2.10. The van der Waals surface area contributed by atoms with E-state index in [2.05, 4.69) is 39.9 Å². The minimum atomic E-state index is 0.698. The topological polar surface area (TPSA) is 50.9 Å². The van der Waals surface area contributed by atoms with E-state index in [0.29, 0.717) is 5.02 Å². The highest BCUT2D eigenvalue weighted by molar-refractivity contribution is 14.1. The fraction of sp³-hybridized carbons (Fsp3) is 0.250. The molecule has 90 valence electrons. The second-order valence-electron chi connectivity index (χ2n) is 3.84. The van der Waals surface area contributed by atoms with Crippen LogP contribution in [-0.2, 0) is 6.42 Å². The van der Waals surface area contributed by atoms with Crippen LogP contribution in [0.15, 0.2) is 18.2 Å². The molecule has 0 saturated carbocycles. The number of halogens is 2. The Kier molecular flexibility index (Phi) is 4.06. The van der Waals surface area contributed by atoms with Gasteiger partial charge < -0.3 is 5.43 Å². The van der Waals surface area contributed by atoms with Crippen LogP contribution < -0.4 is 11.3 Å². The molecule has 3 N–H and O–H groups in total. The summed E-state index contributed by atoms with van der Waals surface area (Å²) in [6.07, 6.45) is 2.01. The normalized spacial score (nSPS) is 10.8. The molecular weight excluding hydrogens is 349 g/mol. The number of pyridine rings is 1. The van der Waals surface area contributed by atoms with Crippen molar-refractivity contribution >= 4 is 50.8 Å². The van der Waals surface area contributed by atoms with Crippen molar-refractivity contribution in [3.8, 4) is 0 Å². The molecule has 2 rings (SSSR count). The number of aromatic nitrogens is 1. The van der Waals surface area contributed by atoms with Gasteiger partial charge in [-0.05, 0) is 47.2 Å². The number of aryl methyl sites for hydroxylation is 1. The number of nitrogens with one attached hydrogen (secondary N) is 1. The summed E-state index contributed by atoms with van der Waals surface area (Å²) in [4.78, 5) is 4.65. The van der Waals surface area contributed by atoms with Gasteiger partial charge in [-0.25, -0.2) is 0 Å². The van der Waals surface area contributed by atoms with Crippen LogP contribution >= 0.6 is 34.2 Å². The molecule has 0 aliphatic heterocycles. The highest BCUT2D eigenvalue weighted by Crippen LogP contribution is 2.30. The van der Waals surface area contributed by atoms with Gasteiger partial charge in [0, 0.05) is 19.7 Å². The number of hydrogen-bond donors (Lipinski definition) is 2. The predicted octanol–water partition coefficient (Wildman–Crippen LogP) is 3.73. The largest absolute Gasteiger partial charge is 0.323 e. The maximum absolute atomic E-state index is 6.05. The number of fused-ring (bicyclic) bond motifs is 1. The first kappa shape index (κ1) is 12.9. The fourth-order valence-electron chi connectivity index (χ4n) is 1.81. The molecular formula is C12H13ClIN3. The van der Waals surface area contributed by atoms with Crippen LogP contribution in [0, 0.1) is 3.57 Å². The van der Waals surface area contributed by atoms with Gasteiger partial charge in [0.15, 0.2) is 0 Å². The van der Waals surface area contributed by atoms with Gasteiger partial charge in [0.2, 0.25) is 0 Å². The van der Waals surface area contributed by atoms with Crippen molar-refractivity contribution in [3.05, 3.63) is 32.5 Å². The lowest BCUT2D eigenvalue weighted by Crippen LogP contribution is -2.08. The number of hydrogen-bond acceptors (Lipinski definition) is 3. The Bertz CT molecular complexity index is 557. The van der Waals surface area contributed by atoms with Crippen LogP contribution in [0.4, 0.5) is 5.69 Å². The Morgan fingerprint density at radius 2 is 2.18 bits per heavy atom. The molecule has 0 saturated heterocycles. The smallest absolute Gasteiger partial charge is 0.0860 e. The molecule has 1 aromatic heterocycles. The van der Waals surface area contributed by atoms with Crippen molar-refractivity contribution in [3.63, 3.8) is 0 Å². The zero-order valence-corrected chi connectivity index (χ0v) is 12.3. The average molecular weight is 362 g/mol. The van der Waals surface area contributed by atoms with Gasteiger partial charge in [0.25, 0.3) is 0 Å². The molecule has 1 aromatic carbocycles. The van der Waals surface area contributed by atoms with Crippen molar-refractivity contribution in [1.82, 2.24) is 4.98 Å². The van der Waals surface area contributed by atoms with Crippen LogP contribution in [0.5, 0.6) is 0 Å². The molecule has 3 nitrogen and oxygen atoms in total. The molecule has 1 heterocycles. The predicted molar refractivity (Wildman–Crippen MR) is 81.3 cm³/mol. The Morgan fingerprint density at radius 3 is 2.82 bits per heavy atom. The lowest BCUT2D eigenvalue weighted by molar-refractivity contribution is 0.889. The minimum absolute atomic E-state index is 0.698. The van der Waals surface area contributed by atoms with E-state index in [-0.39, 0.29) is 0 Å². The summed E-state index contributed by atoms with van der Waals surface area (Å²) < 4.78 is 1.04. The Labute approximate surface area is 119 Å². The first-order chi connectivity index (χ1) is 8.15. The van der Waals surface area contributed by atoms with Crippen LogP contribution in [0.1, 0.15) is 19.0 Å². The molecule has 0 amide bonds. The number of benzene rings is 1. The number of anilines is 1. The zero-order chi connectivity index (χ0) is 12.4. The Morgan fingerprint density at radius 1 is 1.41 bits per heavy atom. The van der Waals surface area contributed by atoms with Gasteiger partial charge in [-0.3, -0.25) is 10.8 Å². The molecule has 0 spiro atoms. The number of nitrogen functional groups attached to an aromatic ring is 1. The third-order valence-electron chi connectivity index (χ3n) is 2.55. The maximum Gasteiger partial charge on any atom is 0.0860 e. The molecule has 0 unspecified atom stereocenters. The molecule has 17 heavy (non-hydrogen) atoms. The summed E-state index contributed by atoms with van der Waals surface area (Å²) in [5, 5.41) is 1.66. The van der Waals surface area contributed by atoms with E-state index in [1.54, 1.807) is 0 Å². The summed E-state index contributed by atoms with van der Waals surface area (Å²) >= 11 is 8.30. The van der Waals surface area contributed by atoms with E-state index >= 15 is 0 Å². The zero-order valence-electron chi connectivity index (χ0n) is 9.43. The summed E-state index contributed by atoms with van der Waals surface area (Å²) in [6, 6.07) is 5.78. The number of rotatable bonds is 3. The van der Waals surface area contributed by atoms with Gasteiger partial charge >= 0.3 is 0 Å². The quantitative estimate of drug-likeness (QED) is 0.497. The highest BCUT2D eigenvalue weighted by Gasteiger charge is 2.09. The van der Waals surface area contributed by atoms with Gasteiger partial charge in [0.1, 0.15) is 0 Å². The van der Waals surface area contributed by atoms with E-state index in [1.165, 1.54) is 0 Å². The number of hydrazine groups is 1. The molecule has 0 fully saturated rings. The molecule has 0 bridgehead atoms. The third kappa shape index (κ3) is 2.64. The van der Waals surface area contributed by atoms with Crippen molar-refractivity contribution in [1.29, 1.82) is 0 Å². The number of nitrogens with zero attached hydrogens (tertiary/aromatic N) is 1. The molecule has 0 aliphatic carbocycles. The van der Waals surface area contributed by atoms with Crippen LogP contribution in [0.3, 0.4) is 0 Å². The van der Waals surface area contributed by atoms with Crippen LogP contribution in [0.25, 0.3) is 10.9 Å². The van der Waals surface area contributed by atoms with Crippen LogP contribution in [0.2, 0.25) is 5.02 Å². The van der Waals surface area contributed by atoms with Gasteiger partial charge in [-0.1, -0.05) is 24.9 Å². The maximum atomic E-state index is 6.05. The standard InChI is InChI=1S/C12H13ClIN3/c1-2-3-8-6-11(17-15)9-4-7(13)5-10(14)12(9)16-8/h4-6H,2-3,15H2,1H3,(H,16,17). The van der Waals surface area contributed by atoms with E-state index in [4.69, 9.17) is 17.4 Å². The first-order valence-corrected chi connectivity index (χ1v) is 6.86. The van der Waals surface area contributed by atoms with E-state index in [1.807, 2.05) is 18.2 Å². The fourth-order valence-corrected chi connectivity index (χ4v) is 2.96. The summed E-state index contributed by atoms with van der Waals surface area (Å²) in [5.74, 6) is 5.56.